The van der Waals surface area contributed by atoms with Crippen LogP contribution in [0.2, 0.25) is 0 Å². The number of benzene rings is 1. The second-order valence-electron chi connectivity index (χ2n) is 3.88. The number of carbonyl (C=O) groups excluding carboxylic acids is 2. The summed E-state index contributed by atoms with van der Waals surface area (Å²) in [7, 11) is 0. The van der Waals surface area contributed by atoms with Gasteiger partial charge in [-0.1, -0.05) is 37.3 Å². The molecule has 2 atom stereocenters. The minimum absolute atomic E-state index is 0.00854. The molecule has 16 heavy (non-hydrogen) atoms. The van der Waals surface area contributed by atoms with Gasteiger partial charge in [-0.25, -0.2) is 0 Å². The number of amides is 2. The Kier molecular flexibility index (Phi) is 4.05. The van der Waals surface area contributed by atoms with E-state index in [4.69, 9.17) is 11.5 Å². The fourth-order valence-corrected chi connectivity index (χ4v) is 1.73. The van der Waals surface area contributed by atoms with Crippen LogP contribution in [0.5, 0.6) is 0 Å². The van der Waals surface area contributed by atoms with Crippen LogP contribution in [0.4, 0.5) is 0 Å². The van der Waals surface area contributed by atoms with Gasteiger partial charge >= 0.3 is 0 Å². The first-order valence-corrected chi connectivity index (χ1v) is 5.15. The van der Waals surface area contributed by atoms with Crippen molar-refractivity contribution in [3.8, 4) is 0 Å². The van der Waals surface area contributed by atoms with E-state index in [0.717, 1.165) is 5.56 Å². The van der Waals surface area contributed by atoms with Gasteiger partial charge in [-0.3, -0.25) is 9.59 Å². The van der Waals surface area contributed by atoms with Crippen LogP contribution in [0.25, 0.3) is 0 Å². The molecule has 2 amide bonds. The third-order valence-corrected chi connectivity index (χ3v) is 2.72. The summed E-state index contributed by atoms with van der Waals surface area (Å²) < 4.78 is 0. The molecule has 0 aliphatic heterocycles. The molecule has 1 aromatic rings. The number of nitrogens with two attached hydrogens (primary N) is 2. The van der Waals surface area contributed by atoms with Crippen LogP contribution in [0, 0.1) is 5.92 Å². The highest BCUT2D eigenvalue weighted by molar-refractivity contribution is 5.84. The molecule has 0 saturated heterocycles. The Hall–Kier alpha value is -1.84. The zero-order chi connectivity index (χ0) is 12.1. The van der Waals surface area contributed by atoms with E-state index in [2.05, 4.69) is 0 Å². The summed E-state index contributed by atoms with van der Waals surface area (Å²) in [5.74, 6) is -1.65. The fraction of sp³-hybridized carbons (Fsp3) is 0.333. The van der Waals surface area contributed by atoms with Crippen LogP contribution in [-0.4, -0.2) is 11.8 Å². The van der Waals surface area contributed by atoms with Gasteiger partial charge < -0.3 is 11.5 Å². The predicted octanol–water partition coefficient (Wildman–Crippen LogP) is 0.767. The van der Waals surface area contributed by atoms with Crippen LogP contribution in [0.3, 0.4) is 0 Å². The molecule has 0 bridgehead atoms. The van der Waals surface area contributed by atoms with Crippen molar-refractivity contribution in [2.75, 3.05) is 0 Å². The van der Waals surface area contributed by atoms with Crippen molar-refractivity contribution in [3.05, 3.63) is 35.9 Å². The van der Waals surface area contributed by atoms with E-state index in [9.17, 15) is 9.59 Å². The van der Waals surface area contributed by atoms with E-state index >= 15 is 0 Å². The minimum atomic E-state index is -0.542. The number of rotatable bonds is 5. The molecule has 0 aromatic heterocycles. The van der Waals surface area contributed by atoms with E-state index < -0.39 is 17.7 Å². The standard InChI is InChI=1S/C12H16N2O2/c1-8(9-5-3-2-4-6-9)10(12(14)16)7-11(13)15/h2-6,8,10H,7H2,1H3,(H2,13,15)(H2,14,16)/t8-,10?/m1/s1. The summed E-state index contributed by atoms with van der Waals surface area (Å²) in [4.78, 5) is 22.1. The molecule has 86 valence electrons. The quantitative estimate of drug-likeness (QED) is 0.767. The monoisotopic (exact) mass is 220 g/mol. The lowest BCUT2D eigenvalue weighted by Crippen LogP contribution is -2.31. The zero-order valence-electron chi connectivity index (χ0n) is 9.22. The molecular weight excluding hydrogens is 204 g/mol. The first kappa shape index (κ1) is 12.2. The summed E-state index contributed by atoms with van der Waals surface area (Å²) in [5, 5.41) is 0. The normalized spacial score (nSPS) is 14.1. The highest BCUT2D eigenvalue weighted by Crippen LogP contribution is 2.26. The fourth-order valence-electron chi connectivity index (χ4n) is 1.73. The van der Waals surface area contributed by atoms with Crippen molar-refractivity contribution in [2.45, 2.75) is 19.3 Å². The maximum atomic E-state index is 11.3. The highest BCUT2D eigenvalue weighted by atomic mass is 16.2. The van der Waals surface area contributed by atoms with Crippen molar-refractivity contribution in [1.82, 2.24) is 0 Å². The molecule has 1 unspecified atom stereocenters. The van der Waals surface area contributed by atoms with Gasteiger partial charge in [0.05, 0.1) is 5.92 Å². The Morgan fingerprint density at radius 3 is 2.19 bits per heavy atom. The predicted molar refractivity (Wildman–Crippen MR) is 61.4 cm³/mol. The molecule has 0 fully saturated rings. The summed E-state index contributed by atoms with van der Waals surface area (Å²) in [6.07, 6.45) is -0.00854. The molecule has 4 heteroatoms. The molecule has 1 rings (SSSR count). The van der Waals surface area contributed by atoms with E-state index in [-0.39, 0.29) is 12.3 Å². The summed E-state index contributed by atoms with van der Waals surface area (Å²) in [6.45, 7) is 1.87. The Labute approximate surface area is 94.6 Å². The third kappa shape index (κ3) is 3.08. The smallest absolute Gasteiger partial charge is 0.221 e. The van der Waals surface area contributed by atoms with Crippen LogP contribution >= 0.6 is 0 Å². The van der Waals surface area contributed by atoms with E-state index in [1.807, 2.05) is 37.3 Å². The molecule has 1 aromatic carbocycles. The van der Waals surface area contributed by atoms with Gasteiger partial charge in [-0.15, -0.1) is 0 Å². The van der Waals surface area contributed by atoms with Crippen LogP contribution < -0.4 is 11.5 Å². The first-order chi connectivity index (χ1) is 7.52. The van der Waals surface area contributed by atoms with Gasteiger partial charge in [0.25, 0.3) is 0 Å². The van der Waals surface area contributed by atoms with Gasteiger partial charge in [0, 0.05) is 6.42 Å². The van der Waals surface area contributed by atoms with Crippen molar-refractivity contribution in [2.24, 2.45) is 17.4 Å². The zero-order valence-corrected chi connectivity index (χ0v) is 9.22. The van der Waals surface area contributed by atoms with E-state index in [1.54, 1.807) is 0 Å². The minimum Gasteiger partial charge on any atom is -0.370 e. The Bertz CT molecular complexity index is 376. The first-order valence-electron chi connectivity index (χ1n) is 5.15. The van der Waals surface area contributed by atoms with Crippen molar-refractivity contribution >= 4 is 11.8 Å². The van der Waals surface area contributed by atoms with Crippen LogP contribution in [-0.2, 0) is 9.59 Å². The van der Waals surface area contributed by atoms with Crippen molar-refractivity contribution < 1.29 is 9.59 Å². The molecule has 0 aliphatic carbocycles. The summed E-state index contributed by atoms with van der Waals surface area (Å²) in [6, 6.07) is 9.47. The lowest BCUT2D eigenvalue weighted by atomic mass is 9.85. The second kappa shape index (κ2) is 5.30. The van der Waals surface area contributed by atoms with Crippen LogP contribution in [0.1, 0.15) is 24.8 Å². The highest BCUT2D eigenvalue weighted by Gasteiger charge is 2.25. The second-order valence-corrected chi connectivity index (χ2v) is 3.88. The Morgan fingerprint density at radius 2 is 1.75 bits per heavy atom. The molecule has 0 saturated carbocycles. The topological polar surface area (TPSA) is 86.2 Å². The SMILES string of the molecule is C[C@H](c1ccccc1)C(CC(N)=O)C(N)=O. The Balaban J connectivity index is 2.87. The molecule has 4 N–H and O–H groups in total. The molecule has 0 heterocycles. The average Bonchev–Trinajstić information content (AvgIpc) is 2.25. The molecule has 4 nitrogen and oxygen atoms in total. The molecule has 0 radical (unpaired) electrons. The average molecular weight is 220 g/mol. The maximum absolute atomic E-state index is 11.3. The van der Waals surface area contributed by atoms with Crippen molar-refractivity contribution in [3.63, 3.8) is 0 Å². The molecule has 0 aliphatic rings. The van der Waals surface area contributed by atoms with Gasteiger partial charge in [0.2, 0.25) is 11.8 Å². The summed E-state index contributed by atoms with van der Waals surface area (Å²) in [5.41, 5.74) is 11.4. The Morgan fingerprint density at radius 1 is 1.19 bits per heavy atom. The number of hydrogen-bond acceptors (Lipinski definition) is 2. The number of primary amides is 2. The third-order valence-electron chi connectivity index (χ3n) is 2.72. The molecular formula is C12H16N2O2. The number of carbonyl (C=O) groups is 2. The largest absolute Gasteiger partial charge is 0.370 e. The lowest BCUT2D eigenvalue weighted by molar-refractivity contribution is -0.127. The van der Waals surface area contributed by atoms with E-state index in [0.29, 0.717) is 0 Å². The lowest BCUT2D eigenvalue weighted by Gasteiger charge is -2.20. The van der Waals surface area contributed by atoms with E-state index in [1.165, 1.54) is 0 Å². The van der Waals surface area contributed by atoms with Crippen LogP contribution in [0.15, 0.2) is 30.3 Å². The van der Waals surface area contributed by atoms with Gasteiger partial charge in [-0.2, -0.15) is 0 Å². The van der Waals surface area contributed by atoms with Gasteiger partial charge in [-0.05, 0) is 11.5 Å². The summed E-state index contributed by atoms with van der Waals surface area (Å²) >= 11 is 0. The van der Waals surface area contributed by atoms with Gasteiger partial charge in [0.1, 0.15) is 0 Å². The molecule has 0 spiro atoms. The van der Waals surface area contributed by atoms with Crippen molar-refractivity contribution in [1.29, 1.82) is 0 Å². The van der Waals surface area contributed by atoms with Gasteiger partial charge in [0.15, 0.2) is 0 Å². The maximum Gasteiger partial charge on any atom is 0.221 e. The number of hydrogen-bond donors (Lipinski definition) is 2.